The Kier molecular flexibility index (Phi) is 9.16. The Bertz CT molecular complexity index is 1580. The molecular weight excluding hydrogens is 540 g/mol. The number of carbonyl (C=O) groups is 2. The molecule has 1 aliphatic heterocycles. The molecule has 2 amide bonds. The smallest absolute Gasteiger partial charge is 0.339 e. The highest BCUT2D eigenvalue weighted by atomic mass is 16.6. The van der Waals surface area contributed by atoms with Crippen LogP contribution in [0.25, 0.3) is 22.2 Å². The van der Waals surface area contributed by atoms with Crippen LogP contribution in [0.15, 0.2) is 66.7 Å². The number of aromatic nitrogens is 2. The van der Waals surface area contributed by atoms with Crippen molar-refractivity contribution in [2.75, 3.05) is 11.5 Å². The third-order valence-electron chi connectivity index (χ3n) is 7.68. The van der Waals surface area contributed by atoms with Crippen molar-refractivity contribution in [1.29, 1.82) is 0 Å². The van der Waals surface area contributed by atoms with E-state index in [0.717, 1.165) is 72.1 Å². The zero-order valence-electron chi connectivity index (χ0n) is 25.6. The van der Waals surface area contributed by atoms with E-state index in [9.17, 15) is 9.59 Å². The fourth-order valence-corrected chi connectivity index (χ4v) is 5.59. The van der Waals surface area contributed by atoms with Crippen molar-refractivity contribution >= 4 is 28.7 Å². The summed E-state index contributed by atoms with van der Waals surface area (Å²) in [5.74, 6) is 0.671. The van der Waals surface area contributed by atoms with Crippen molar-refractivity contribution in [1.82, 2.24) is 9.55 Å². The number of hydrogen-bond acceptors (Lipinski definition) is 5. The summed E-state index contributed by atoms with van der Waals surface area (Å²) in [4.78, 5) is 32.0. The second kappa shape index (κ2) is 13.0. The average molecular weight is 583 g/mol. The normalized spacial score (nSPS) is 15.4. The predicted octanol–water partition coefficient (Wildman–Crippen LogP) is 7.46. The Morgan fingerprint density at radius 2 is 1.84 bits per heavy atom. The third-order valence-corrected chi connectivity index (χ3v) is 7.68. The first-order chi connectivity index (χ1) is 20.6. The number of aryl methyl sites for hydroxylation is 1. The van der Waals surface area contributed by atoms with Gasteiger partial charge in [0.2, 0.25) is 0 Å². The highest BCUT2D eigenvalue weighted by molar-refractivity contribution is 5.97. The van der Waals surface area contributed by atoms with Gasteiger partial charge >= 0.3 is 12.0 Å². The number of unbranched alkanes of at least 4 members (excludes halogenated alkanes) is 1. The number of urea groups is 1. The minimum Gasteiger partial charge on any atom is -0.456 e. The Balaban J connectivity index is 1.47. The van der Waals surface area contributed by atoms with Gasteiger partial charge in [-0.05, 0) is 87.4 Å². The monoisotopic (exact) mass is 582 g/mol. The lowest BCUT2D eigenvalue weighted by Crippen LogP contribution is -2.46. The van der Waals surface area contributed by atoms with Crippen LogP contribution in [0.3, 0.4) is 0 Å². The lowest BCUT2D eigenvalue weighted by molar-refractivity contribution is 0.00702. The summed E-state index contributed by atoms with van der Waals surface area (Å²) in [7, 11) is 0. The highest BCUT2D eigenvalue weighted by Gasteiger charge is 2.27. The van der Waals surface area contributed by atoms with Gasteiger partial charge in [-0.2, -0.15) is 0 Å². The summed E-state index contributed by atoms with van der Waals surface area (Å²) in [6.45, 7) is 9.02. The van der Waals surface area contributed by atoms with Crippen molar-refractivity contribution in [2.45, 2.75) is 84.6 Å². The van der Waals surface area contributed by atoms with E-state index in [-0.39, 0.29) is 12.2 Å². The van der Waals surface area contributed by atoms with Crippen LogP contribution >= 0.6 is 0 Å². The number of nitrogens with zero attached hydrogens (tertiary/aromatic N) is 3. The van der Waals surface area contributed by atoms with E-state index >= 15 is 0 Å². The van der Waals surface area contributed by atoms with Crippen molar-refractivity contribution in [3.63, 3.8) is 0 Å². The Labute approximate surface area is 253 Å². The van der Waals surface area contributed by atoms with E-state index in [1.807, 2.05) is 69.3 Å². The molecule has 4 aromatic rings. The molecule has 1 aliphatic rings. The Morgan fingerprint density at radius 1 is 1.07 bits per heavy atom. The number of esters is 1. The molecule has 8 nitrogen and oxygen atoms in total. The lowest BCUT2D eigenvalue weighted by Gasteiger charge is -2.33. The van der Waals surface area contributed by atoms with E-state index in [2.05, 4.69) is 23.6 Å². The van der Waals surface area contributed by atoms with Crippen LogP contribution in [-0.4, -0.2) is 40.0 Å². The van der Waals surface area contributed by atoms with E-state index in [1.165, 1.54) is 0 Å². The molecule has 1 atom stereocenters. The predicted molar refractivity (Wildman–Crippen MR) is 170 cm³/mol. The second-order valence-electron chi connectivity index (χ2n) is 12.2. The summed E-state index contributed by atoms with van der Waals surface area (Å²) in [6.07, 6.45) is 5.32. The van der Waals surface area contributed by atoms with Gasteiger partial charge in [0.25, 0.3) is 0 Å². The molecule has 0 bridgehead atoms. The van der Waals surface area contributed by atoms with Crippen molar-refractivity contribution < 1.29 is 19.1 Å². The minimum atomic E-state index is -0.575. The molecule has 5 rings (SSSR count). The minimum absolute atomic E-state index is 0.336. The number of nitrogens with two attached hydrogens (primary N) is 1. The number of amides is 2. The molecule has 0 radical (unpaired) electrons. The van der Waals surface area contributed by atoms with Gasteiger partial charge in [0, 0.05) is 19.6 Å². The topological polar surface area (TPSA) is 99.7 Å². The van der Waals surface area contributed by atoms with Crippen LogP contribution in [-0.2, 0) is 22.4 Å². The average Bonchev–Trinajstić information content (AvgIpc) is 3.32. The molecule has 1 aromatic heterocycles. The molecule has 8 heteroatoms. The first-order valence-electron chi connectivity index (χ1n) is 15.3. The molecule has 0 spiro atoms. The molecule has 3 aromatic carbocycles. The van der Waals surface area contributed by atoms with Gasteiger partial charge < -0.3 is 19.8 Å². The summed E-state index contributed by atoms with van der Waals surface area (Å²) in [5.41, 5.74) is 11.2. The third kappa shape index (κ3) is 7.08. The summed E-state index contributed by atoms with van der Waals surface area (Å²) in [6, 6.07) is 21.2. The summed E-state index contributed by atoms with van der Waals surface area (Å²) < 4.78 is 13.8. The van der Waals surface area contributed by atoms with Crippen LogP contribution < -0.4 is 10.6 Å². The SMILES string of the molecule is CCCCc1nc2ccc(N(C(N)=O)C3CCCCO3)cc2n1Cc1ccc(-c2ccccc2C(=O)OC(C)(C)C)cc1. The first-order valence-corrected chi connectivity index (χ1v) is 15.3. The molecule has 1 saturated heterocycles. The molecule has 0 saturated carbocycles. The molecule has 1 unspecified atom stereocenters. The molecule has 1 fully saturated rings. The number of fused-ring (bicyclic) bond motifs is 1. The number of hydrogen-bond donors (Lipinski definition) is 1. The molecule has 0 aliphatic carbocycles. The second-order valence-corrected chi connectivity index (χ2v) is 12.2. The zero-order valence-corrected chi connectivity index (χ0v) is 25.6. The zero-order chi connectivity index (χ0) is 30.6. The van der Waals surface area contributed by atoms with Crippen LogP contribution in [0.1, 0.15) is 81.5 Å². The van der Waals surface area contributed by atoms with E-state index in [1.54, 1.807) is 11.0 Å². The number of primary amides is 1. The van der Waals surface area contributed by atoms with Crippen LogP contribution in [0.4, 0.5) is 10.5 Å². The number of ether oxygens (including phenoxy) is 2. The van der Waals surface area contributed by atoms with E-state index in [4.69, 9.17) is 20.2 Å². The van der Waals surface area contributed by atoms with Gasteiger partial charge in [-0.25, -0.2) is 14.6 Å². The van der Waals surface area contributed by atoms with Crippen molar-refractivity contribution in [3.8, 4) is 11.1 Å². The molecule has 226 valence electrons. The molecular formula is C35H42N4O4. The number of anilines is 1. The maximum absolute atomic E-state index is 12.9. The Morgan fingerprint density at radius 3 is 2.51 bits per heavy atom. The maximum Gasteiger partial charge on any atom is 0.339 e. The van der Waals surface area contributed by atoms with Crippen LogP contribution in [0.2, 0.25) is 0 Å². The highest BCUT2D eigenvalue weighted by Crippen LogP contribution is 2.30. The molecule has 43 heavy (non-hydrogen) atoms. The molecule has 2 heterocycles. The van der Waals surface area contributed by atoms with Gasteiger partial charge in [0.05, 0.1) is 22.3 Å². The largest absolute Gasteiger partial charge is 0.456 e. The van der Waals surface area contributed by atoms with E-state index in [0.29, 0.717) is 24.4 Å². The maximum atomic E-state index is 12.9. The quantitative estimate of drug-likeness (QED) is 0.207. The fourth-order valence-electron chi connectivity index (χ4n) is 5.59. The van der Waals surface area contributed by atoms with Crippen molar-refractivity contribution in [3.05, 3.63) is 83.7 Å². The summed E-state index contributed by atoms with van der Waals surface area (Å²) in [5, 5.41) is 0. The molecule has 2 N–H and O–H groups in total. The van der Waals surface area contributed by atoms with Gasteiger partial charge in [0.1, 0.15) is 17.7 Å². The van der Waals surface area contributed by atoms with Gasteiger partial charge in [-0.15, -0.1) is 0 Å². The number of rotatable bonds is 9. The fraction of sp³-hybridized carbons (Fsp3) is 0.400. The number of carbonyl (C=O) groups excluding carboxylic acids is 2. The lowest BCUT2D eigenvalue weighted by atomic mass is 9.98. The first kappa shape index (κ1) is 30.3. The van der Waals surface area contributed by atoms with Crippen molar-refractivity contribution in [2.24, 2.45) is 5.73 Å². The van der Waals surface area contributed by atoms with Crippen LogP contribution in [0, 0.1) is 0 Å². The Hall–Kier alpha value is -4.17. The van der Waals surface area contributed by atoms with Crippen LogP contribution in [0.5, 0.6) is 0 Å². The number of imidazole rings is 1. The standard InChI is InChI=1S/C35H42N4O4/c1-5-6-13-31-37-29-20-19-26(39(34(36)41)32-14-9-10-21-42-32)22-30(29)38(31)23-24-15-17-25(18-16-24)27-11-7-8-12-28(27)33(40)43-35(2,3)4/h7-8,11-12,15-20,22,32H,5-6,9-10,13-14,21,23H2,1-4H3,(H2,36,41). The number of benzene rings is 3. The van der Waals surface area contributed by atoms with Gasteiger partial charge in [0.15, 0.2) is 0 Å². The van der Waals surface area contributed by atoms with Gasteiger partial charge in [-0.1, -0.05) is 55.8 Å². The summed E-state index contributed by atoms with van der Waals surface area (Å²) >= 11 is 0. The van der Waals surface area contributed by atoms with E-state index < -0.39 is 11.6 Å². The van der Waals surface area contributed by atoms with Gasteiger partial charge in [-0.3, -0.25) is 4.90 Å².